The quantitative estimate of drug-likeness (QED) is 0.120. The Labute approximate surface area is 379 Å². The van der Waals surface area contributed by atoms with Crippen molar-refractivity contribution < 1.29 is 0 Å². The molecule has 0 saturated heterocycles. The van der Waals surface area contributed by atoms with Gasteiger partial charge in [0.2, 0.25) is 0 Å². The van der Waals surface area contributed by atoms with Gasteiger partial charge in [-0.05, 0) is 121 Å². The van der Waals surface area contributed by atoms with Crippen LogP contribution >= 0.6 is 23.5 Å². The maximum atomic E-state index is 4.97. The number of rotatable bonds is 12. The molecule has 0 aliphatic rings. The summed E-state index contributed by atoms with van der Waals surface area (Å²) >= 11 is 2.45. The highest BCUT2D eigenvalue weighted by atomic mass is 32.1. The van der Waals surface area contributed by atoms with Crippen molar-refractivity contribution in [2.45, 2.75) is 0 Å². The van der Waals surface area contributed by atoms with Gasteiger partial charge in [-0.25, -0.2) is 0 Å². The standard InChI is InChI=1S/C54H38N8S2/c1-7-19-39(20-8-1)59(40-21-9-2-10-22-40)47-35-37-49(53-51(47)55-63-57-53)61(43-27-15-5-16-28-43)45-31-33-46(34-32-45)62(44-29-17-6-18-30-44)50-38-36-48(52-54(50)58-64-56-52)60(41-23-11-3-12-24-41)42-25-13-4-14-26-42/h1-38H. The van der Waals surface area contributed by atoms with Crippen LogP contribution in [0, 0.1) is 0 Å². The predicted octanol–water partition coefficient (Wildman–Crippen LogP) is 15.6. The first-order valence-corrected chi connectivity index (χ1v) is 22.4. The van der Waals surface area contributed by atoms with E-state index in [9.17, 15) is 0 Å². The van der Waals surface area contributed by atoms with Crippen molar-refractivity contribution in [1.82, 2.24) is 17.5 Å². The predicted molar refractivity (Wildman–Crippen MR) is 267 cm³/mol. The maximum Gasteiger partial charge on any atom is 0.130 e. The monoisotopic (exact) mass is 862 g/mol. The molecule has 64 heavy (non-hydrogen) atoms. The minimum absolute atomic E-state index is 0.816. The van der Waals surface area contributed by atoms with Crippen LogP contribution in [0.1, 0.15) is 0 Å². The molecule has 2 heterocycles. The number of para-hydroxylation sites is 6. The fourth-order valence-corrected chi connectivity index (χ4v) is 9.45. The molecule has 0 N–H and O–H groups in total. The number of anilines is 12. The summed E-state index contributed by atoms with van der Waals surface area (Å²) in [7, 11) is 0. The molecule has 0 amide bonds. The van der Waals surface area contributed by atoms with Gasteiger partial charge in [-0.2, -0.15) is 17.5 Å². The minimum Gasteiger partial charge on any atom is -0.308 e. The molecule has 0 saturated carbocycles. The summed E-state index contributed by atoms with van der Waals surface area (Å²) < 4.78 is 19.8. The SMILES string of the molecule is c1ccc(N(c2ccccc2)c2ccc(N(c3ccccc3)c3ccc(N(c4ccccc4)c4ccc(N(c5ccccc5)c5ccccc5)c5nsnc45)cc3)c3nsnc23)cc1. The van der Waals surface area contributed by atoms with Crippen molar-refractivity contribution >= 4 is 114 Å². The largest absolute Gasteiger partial charge is 0.308 e. The Balaban J connectivity index is 1.02. The van der Waals surface area contributed by atoms with E-state index in [0.717, 1.165) is 90.3 Å². The molecule has 306 valence electrons. The normalized spacial score (nSPS) is 11.1. The van der Waals surface area contributed by atoms with E-state index in [1.165, 1.54) is 23.5 Å². The molecule has 0 aliphatic carbocycles. The lowest BCUT2D eigenvalue weighted by Crippen LogP contribution is -2.14. The lowest BCUT2D eigenvalue weighted by molar-refractivity contribution is 1.25. The van der Waals surface area contributed by atoms with Crippen LogP contribution in [0.4, 0.5) is 68.2 Å². The zero-order chi connectivity index (χ0) is 42.7. The molecule has 2 aromatic heterocycles. The maximum absolute atomic E-state index is 4.97. The van der Waals surface area contributed by atoms with Crippen molar-refractivity contribution in [3.8, 4) is 0 Å². The van der Waals surface area contributed by atoms with Gasteiger partial charge >= 0.3 is 0 Å². The molecule has 0 bridgehead atoms. The highest BCUT2D eigenvalue weighted by molar-refractivity contribution is 7.00. The van der Waals surface area contributed by atoms with Gasteiger partial charge in [0, 0.05) is 45.5 Å². The fraction of sp³-hybridized carbons (Fsp3) is 0. The summed E-state index contributed by atoms with van der Waals surface area (Å²) in [5.74, 6) is 0. The van der Waals surface area contributed by atoms with Gasteiger partial charge in [0.05, 0.1) is 46.2 Å². The molecule has 8 nitrogen and oxygen atoms in total. The Morgan fingerprint density at radius 1 is 0.203 bits per heavy atom. The van der Waals surface area contributed by atoms with E-state index < -0.39 is 0 Å². The minimum atomic E-state index is 0.816. The topological polar surface area (TPSA) is 64.5 Å². The van der Waals surface area contributed by atoms with Crippen molar-refractivity contribution in [2.24, 2.45) is 0 Å². The second kappa shape index (κ2) is 17.3. The molecule has 0 fully saturated rings. The Morgan fingerprint density at radius 3 is 0.562 bits per heavy atom. The Hall–Kier alpha value is -8.18. The van der Waals surface area contributed by atoms with Crippen LogP contribution in [0.15, 0.2) is 231 Å². The summed E-state index contributed by atoms with van der Waals surface area (Å²) in [6, 6.07) is 79.9. The number of hydrogen-bond donors (Lipinski definition) is 0. The lowest BCUT2D eigenvalue weighted by atomic mass is 10.1. The number of aromatic nitrogens is 4. The van der Waals surface area contributed by atoms with Gasteiger partial charge in [0.15, 0.2) is 0 Å². The van der Waals surface area contributed by atoms with Gasteiger partial charge < -0.3 is 19.6 Å². The number of nitrogens with zero attached hydrogens (tertiary/aromatic N) is 8. The van der Waals surface area contributed by atoms with Crippen LogP contribution in [0.3, 0.4) is 0 Å². The first-order valence-electron chi connectivity index (χ1n) is 20.9. The first kappa shape index (κ1) is 38.7. The van der Waals surface area contributed by atoms with Gasteiger partial charge in [0.1, 0.15) is 22.1 Å². The highest BCUT2D eigenvalue weighted by Crippen LogP contribution is 2.47. The third-order valence-corrected chi connectivity index (χ3v) is 12.2. The highest BCUT2D eigenvalue weighted by Gasteiger charge is 2.26. The van der Waals surface area contributed by atoms with Crippen LogP contribution in [0.5, 0.6) is 0 Å². The second-order valence-electron chi connectivity index (χ2n) is 15.0. The summed E-state index contributed by atoms with van der Waals surface area (Å²) in [5.41, 5.74) is 15.2. The fourth-order valence-electron chi connectivity index (χ4n) is 8.32. The van der Waals surface area contributed by atoms with Crippen LogP contribution in [-0.4, -0.2) is 17.5 Å². The average molecular weight is 863 g/mol. The molecule has 0 atom stereocenters. The number of fused-ring (bicyclic) bond motifs is 2. The van der Waals surface area contributed by atoms with Crippen LogP contribution in [0.2, 0.25) is 0 Å². The smallest absolute Gasteiger partial charge is 0.130 e. The van der Waals surface area contributed by atoms with E-state index in [-0.39, 0.29) is 0 Å². The molecular formula is C54H38N8S2. The van der Waals surface area contributed by atoms with E-state index in [0.29, 0.717) is 0 Å². The lowest BCUT2D eigenvalue weighted by Gasteiger charge is -2.30. The molecule has 0 aliphatic heterocycles. The molecular weight excluding hydrogens is 825 g/mol. The second-order valence-corrected chi connectivity index (χ2v) is 16.1. The van der Waals surface area contributed by atoms with E-state index in [4.69, 9.17) is 17.5 Å². The van der Waals surface area contributed by atoms with Crippen LogP contribution in [-0.2, 0) is 0 Å². The Bertz CT molecular complexity index is 2980. The van der Waals surface area contributed by atoms with Gasteiger partial charge in [-0.15, -0.1) is 0 Å². The van der Waals surface area contributed by atoms with E-state index in [1.807, 2.05) is 36.4 Å². The molecule has 11 rings (SSSR count). The van der Waals surface area contributed by atoms with Crippen molar-refractivity contribution in [3.05, 3.63) is 231 Å². The first-order chi connectivity index (χ1) is 31.8. The van der Waals surface area contributed by atoms with Gasteiger partial charge in [-0.1, -0.05) is 109 Å². The van der Waals surface area contributed by atoms with Gasteiger partial charge in [-0.3, -0.25) is 0 Å². The van der Waals surface area contributed by atoms with Gasteiger partial charge in [0.25, 0.3) is 0 Å². The van der Waals surface area contributed by atoms with Crippen molar-refractivity contribution in [1.29, 1.82) is 0 Å². The van der Waals surface area contributed by atoms with E-state index in [1.54, 1.807) is 0 Å². The van der Waals surface area contributed by atoms with Crippen molar-refractivity contribution in [2.75, 3.05) is 19.6 Å². The average Bonchev–Trinajstić information content (AvgIpc) is 4.08. The molecule has 0 spiro atoms. The summed E-state index contributed by atoms with van der Waals surface area (Å²) in [5, 5.41) is 0. The van der Waals surface area contributed by atoms with Crippen LogP contribution in [0.25, 0.3) is 22.1 Å². The Morgan fingerprint density at radius 2 is 0.375 bits per heavy atom. The van der Waals surface area contributed by atoms with E-state index >= 15 is 0 Å². The van der Waals surface area contributed by atoms with Crippen molar-refractivity contribution in [3.63, 3.8) is 0 Å². The third kappa shape index (κ3) is 7.26. The molecule has 0 radical (unpaired) electrons. The van der Waals surface area contributed by atoms with E-state index in [2.05, 4.69) is 214 Å². The zero-order valence-electron chi connectivity index (χ0n) is 34.3. The molecule has 10 heteroatoms. The summed E-state index contributed by atoms with van der Waals surface area (Å²) in [4.78, 5) is 9.02. The Kier molecular flexibility index (Phi) is 10.5. The van der Waals surface area contributed by atoms with Crippen LogP contribution < -0.4 is 19.6 Å². The third-order valence-electron chi connectivity index (χ3n) is 11.2. The zero-order valence-corrected chi connectivity index (χ0v) is 36.0. The summed E-state index contributed by atoms with van der Waals surface area (Å²) in [6.07, 6.45) is 0. The number of benzene rings is 9. The molecule has 11 aromatic rings. The summed E-state index contributed by atoms with van der Waals surface area (Å²) in [6.45, 7) is 0. The molecule has 0 unspecified atom stereocenters. The molecule has 9 aromatic carbocycles. The number of hydrogen-bond acceptors (Lipinski definition) is 10.